The Bertz CT molecular complexity index is 615. The van der Waals surface area contributed by atoms with E-state index in [1.807, 2.05) is 0 Å². The molecular formula is C14H21N5S. The van der Waals surface area contributed by atoms with Gasteiger partial charge in [-0.25, -0.2) is 10.8 Å². The van der Waals surface area contributed by atoms with Crippen molar-refractivity contribution in [3.05, 3.63) is 10.9 Å². The van der Waals surface area contributed by atoms with Crippen LogP contribution in [0.3, 0.4) is 0 Å². The zero-order valence-electron chi connectivity index (χ0n) is 12.0. The molecule has 0 spiro atoms. The van der Waals surface area contributed by atoms with Crippen LogP contribution in [0, 0.1) is 6.92 Å². The third kappa shape index (κ3) is 2.58. The SMILES string of the molecule is Cc1cc2c(NC3(C)CCCCC3)nc(NN)nc2s1. The average molecular weight is 291 g/mol. The summed E-state index contributed by atoms with van der Waals surface area (Å²) in [7, 11) is 0. The van der Waals surface area contributed by atoms with E-state index in [0.29, 0.717) is 5.95 Å². The molecule has 0 radical (unpaired) electrons. The summed E-state index contributed by atoms with van der Waals surface area (Å²) in [6.45, 7) is 4.38. The van der Waals surface area contributed by atoms with Crippen molar-refractivity contribution in [2.45, 2.75) is 51.5 Å². The average Bonchev–Trinajstić information content (AvgIpc) is 2.79. The van der Waals surface area contributed by atoms with E-state index >= 15 is 0 Å². The second kappa shape index (κ2) is 5.18. The maximum Gasteiger partial charge on any atom is 0.240 e. The van der Waals surface area contributed by atoms with Crippen molar-refractivity contribution in [3.63, 3.8) is 0 Å². The van der Waals surface area contributed by atoms with E-state index in [0.717, 1.165) is 16.0 Å². The Balaban J connectivity index is 2.00. The van der Waals surface area contributed by atoms with Gasteiger partial charge in [0.25, 0.3) is 0 Å². The fraction of sp³-hybridized carbons (Fsp3) is 0.571. The van der Waals surface area contributed by atoms with Crippen molar-refractivity contribution in [3.8, 4) is 0 Å². The molecule has 20 heavy (non-hydrogen) atoms. The highest BCUT2D eigenvalue weighted by molar-refractivity contribution is 7.18. The number of rotatable bonds is 3. The van der Waals surface area contributed by atoms with Gasteiger partial charge in [-0.1, -0.05) is 19.3 Å². The molecule has 5 nitrogen and oxygen atoms in total. The molecule has 0 aliphatic heterocycles. The van der Waals surface area contributed by atoms with Crippen LogP contribution in [0.2, 0.25) is 0 Å². The molecule has 0 bridgehead atoms. The Morgan fingerprint density at radius 1 is 1.25 bits per heavy atom. The zero-order chi connectivity index (χ0) is 14.2. The van der Waals surface area contributed by atoms with Crippen molar-refractivity contribution < 1.29 is 0 Å². The number of nitrogens with zero attached hydrogens (tertiary/aromatic N) is 2. The van der Waals surface area contributed by atoms with Gasteiger partial charge in [-0.05, 0) is 32.8 Å². The minimum absolute atomic E-state index is 0.126. The maximum absolute atomic E-state index is 5.48. The topological polar surface area (TPSA) is 75.9 Å². The van der Waals surface area contributed by atoms with Gasteiger partial charge in [-0.2, -0.15) is 4.98 Å². The molecule has 1 aliphatic carbocycles. The van der Waals surface area contributed by atoms with E-state index in [-0.39, 0.29) is 5.54 Å². The third-order valence-corrected chi connectivity index (χ3v) is 4.97. The van der Waals surface area contributed by atoms with Crippen LogP contribution < -0.4 is 16.6 Å². The molecular weight excluding hydrogens is 270 g/mol. The van der Waals surface area contributed by atoms with Gasteiger partial charge >= 0.3 is 0 Å². The van der Waals surface area contributed by atoms with Gasteiger partial charge in [-0.15, -0.1) is 11.3 Å². The quantitative estimate of drug-likeness (QED) is 0.597. The maximum atomic E-state index is 5.48. The van der Waals surface area contributed by atoms with E-state index in [1.54, 1.807) is 11.3 Å². The molecule has 4 N–H and O–H groups in total. The van der Waals surface area contributed by atoms with Crippen LogP contribution in [0.25, 0.3) is 10.2 Å². The molecule has 1 fully saturated rings. The number of aromatic nitrogens is 2. The second-order valence-electron chi connectivity index (χ2n) is 5.86. The number of hydrazine groups is 1. The summed E-state index contributed by atoms with van der Waals surface area (Å²) in [5.74, 6) is 6.86. The molecule has 2 aromatic heterocycles. The number of anilines is 2. The van der Waals surface area contributed by atoms with Crippen LogP contribution in [0.5, 0.6) is 0 Å². The largest absolute Gasteiger partial charge is 0.364 e. The monoisotopic (exact) mass is 291 g/mol. The van der Waals surface area contributed by atoms with Crippen molar-refractivity contribution in [1.29, 1.82) is 0 Å². The Morgan fingerprint density at radius 2 is 2.00 bits per heavy atom. The molecule has 0 amide bonds. The van der Waals surface area contributed by atoms with Crippen molar-refractivity contribution in [2.75, 3.05) is 10.7 Å². The molecule has 2 aromatic rings. The minimum Gasteiger partial charge on any atom is -0.364 e. The first-order valence-corrected chi connectivity index (χ1v) is 7.94. The van der Waals surface area contributed by atoms with Gasteiger partial charge in [0.1, 0.15) is 10.6 Å². The summed E-state index contributed by atoms with van der Waals surface area (Å²) >= 11 is 1.67. The number of nitrogen functional groups attached to an aromatic ring is 1. The summed E-state index contributed by atoms with van der Waals surface area (Å²) in [5.41, 5.74) is 2.69. The molecule has 1 aliphatic rings. The van der Waals surface area contributed by atoms with Crippen LogP contribution >= 0.6 is 11.3 Å². The highest BCUT2D eigenvalue weighted by Gasteiger charge is 2.28. The molecule has 6 heteroatoms. The zero-order valence-corrected chi connectivity index (χ0v) is 12.8. The van der Waals surface area contributed by atoms with E-state index in [9.17, 15) is 0 Å². The number of nitrogens with two attached hydrogens (primary N) is 1. The molecule has 0 atom stereocenters. The van der Waals surface area contributed by atoms with Gasteiger partial charge in [0, 0.05) is 10.4 Å². The summed E-state index contributed by atoms with van der Waals surface area (Å²) in [6.07, 6.45) is 6.27. The number of fused-ring (bicyclic) bond motifs is 1. The number of aryl methyl sites for hydroxylation is 1. The van der Waals surface area contributed by atoms with Crippen molar-refractivity contribution in [1.82, 2.24) is 9.97 Å². The Morgan fingerprint density at radius 3 is 2.70 bits per heavy atom. The summed E-state index contributed by atoms with van der Waals surface area (Å²) < 4.78 is 0. The highest BCUT2D eigenvalue weighted by Crippen LogP contribution is 2.35. The molecule has 0 saturated heterocycles. The fourth-order valence-corrected chi connectivity index (χ4v) is 3.82. The summed E-state index contributed by atoms with van der Waals surface area (Å²) in [6, 6.07) is 2.15. The van der Waals surface area contributed by atoms with Crippen LogP contribution in [0.1, 0.15) is 43.9 Å². The fourth-order valence-electron chi connectivity index (χ4n) is 2.94. The Labute approximate surface area is 123 Å². The molecule has 0 aromatic carbocycles. The van der Waals surface area contributed by atoms with Gasteiger partial charge < -0.3 is 5.32 Å². The smallest absolute Gasteiger partial charge is 0.240 e. The van der Waals surface area contributed by atoms with Crippen LogP contribution in [-0.2, 0) is 0 Å². The molecule has 0 unspecified atom stereocenters. The van der Waals surface area contributed by atoms with Crippen molar-refractivity contribution in [2.24, 2.45) is 5.84 Å². The van der Waals surface area contributed by atoms with Crippen molar-refractivity contribution >= 4 is 33.3 Å². The molecule has 3 rings (SSSR count). The lowest BCUT2D eigenvalue weighted by atomic mass is 9.83. The van der Waals surface area contributed by atoms with Gasteiger partial charge in [0.05, 0.1) is 5.39 Å². The Kier molecular flexibility index (Phi) is 3.52. The molecule has 108 valence electrons. The van der Waals surface area contributed by atoms with Crippen LogP contribution in [0.15, 0.2) is 6.07 Å². The van der Waals surface area contributed by atoms with E-state index in [1.165, 1.54) is 37.0 Å². The molecule has 1 saturated carbocycles. The normalized spacial score (nSPS) is 18.1. The number of hydrogen-bond acceptors (Lipinski definition) is 6. The van der Waals surface area contributed by atoms with E-state index in [2.05, 4.69) is 40.6 Å². The first-order valence-electron chi connectivity index (χ1n) is 7.13. The summed E-state index contributed by atoms with van der Waals surface area (Å²) in [5, 5.41) is 4.74. The third-order valence-electron chi connectivity index (χ3n) is 4.02. The number of hydrogen-bond donors (Lipinski definition) is 3. The first-order chi connectivity index (χ1) is 9.59. The summed E-state index contributed by atoms with van der Waals surface area (Å²) in [4.78, 5) is 11.2. The minimum atomic E-state index is 0.126. The van der Waals surface area contributed by atoms with E-state index < -0.39 is 0 Å². The van der Waals surface area contributed by atoms with Crippen LogP contribution in [0.4, 0.5) is 11.8 Å². The standard InChI is InChI=1S/C14H21N5S/c1-9-8-10-11(16-13(19-15)17-12(10)20-9)18-14(2)6-4-3-5-7-14/h8H,3-7,15H2,1-2H3,(H2,16,17,18,19). The van der Waals surface area contributed by atoms with Crippen LogP contribution in [-0.4, -0.2) is 15.5 Å². The van der Waals surface area contributed by atoms with Gasteiger partial charge in [0.15, 0.2) is 0 Å². The molecule has 2 heterocycles. The number of nitrogens with one attached hydrogen (secondary N) is 2. The van der Waals surface area contributed by atoms with E-state index in [4.69, 9.17) is 5.84 Å². The predicted molar refractivity (Wildman–Crippen MR) is 85.1 cm³/mol. The van der Waals surface area contributed by atoms with Gasteiger partial charge in [-0.3, -0.25) is 5.43 Å². The second-order valence-corrected chi connectivity index (χ2v) is 7.10. The lowest BCUT2D eigenvalue weighted by Crippen LogP contribution is -2.37. The highest BCUT2D eigenvalue weighted by atomic mass is 32.1. The van der Waals surface area contributed by atoms with Gasteiger partial charge in [0.2, 0.25) is 5.95 Å². The lowest BCUT2D eigenvalue weighted by molar-refractivity contribution is 0.349. The predicted octanol–water partition coefficient (Wildman–Crippen LogP) is 3.42. The first kappa shape index (κ1) is 13.6. The lowest BCUT2D eigenvalue weighted by Gasteiger charge is -2.35. The number of thiophene rings is 1. The Hall–Kier alpha value is -1.40.